The van der Waals surface area contributed by atoms with E-state index in [4.69, 9.17) is 14.9 Å². The first-order chi connectivity index (χ1) is 6.66. The summed E-state index contributed by atoms with van der Waals surface area (Å²) in [5.41, 5.74) is -0.171. The van der Waals surface area contributed by atoms with Crippen molar-refractivity contribution >= 4 is 0 Å². The van der Waals surface area contributed by atoms with E-state index in [1.165, 1.54) is 17.8 Å². The fourth-order valence-electron chi connectivity index (χ4n) is 0.904. The lowest BCUT2D eigenvalue weighted by atomic mass is 10.4. The Morgan fingerprint density at radius 2 is 2.36 bits per heavy atom. The average Bonchev–Trinajstić information content (AvgIpc) is 2.18. The average molecular weight is 200 g/mol. The highest BCUT2D eigenvalue weighted by molar-refractivity contribution is 5.18. The molecule has 1 heterocycles. The van der Waals surface area contributed by atoms with Crippen molar-refractivity contribution in [1.82, 2.24) is 9.55 Å². The zero-order valence-corrected chi connectivity index (χ0v) is 7.80. The molecule has 1 rings (SSSR count). The molecule has 2 N–H and O–H groups in total. The van der Waals surface area contributed by atoms with Crippen LogP contribution in [-0.4, -0.2) is 33.0 Å². The summed E-state index contributed by atoms with van der Waals surface area (Å²) in [7, 11) is 0. The zero-order chi connectivity index (χ0) is 10.6. The second-order valence-corrected chi connectivity index (χ2v) is 2.73. The SMILES string of the molecule is Cc1c(O)ncn(COCCO)c1=O. The third-order valence-corrected chi connectivity index (χ3v) is 1.70. The second kappa shape index (κ2) is 4.73. The van der Waals surface area contributed by atoms with Crippen LogP contribution >= 0.6 is 0 Å². The summed E-state index contributed by atoms with van der Waals surface area (Å²) in [6.07, 6.45) is 1.20. The number of nitrogens with zero attached hydrogens (tertiary/aromatic N) is 2. The Bertz CT molecular complexity index is 361. The lowest BCUT2D eigenvalue weighted by molar-refractivity contribution is 0.0456. The number of ether oxygens (including phenoxy) is 1. The van der Waals surface area contributed by atoms with Gasteiger partial charge in [-0.25, -0.2) is 4.98 Å². The van der Waals surface area contributed by atoms with Gasteiger partial charge in [0, 0.05) is 0 Å². The van der Waals surface area contributed by atoms with E-state index < -0.39 is 0 Å². The third-order valence-electron chi connectivity index (χ3n) is 1.70. The van der Waals surface area contributed by atoms with Crippen LogP contribution in [0.15, 0.2) is 11.1 Å². The maximum Gasteiger partial charge on any atom is 0.261 e. The number of aliphatic hydroxyl groups excluding tert-OH is 1. The molecule has 0 aliphatic rings. The number of rotatable bonds is 4. The van der Waals surface area contributed by atoms with Gasteiger partial charge in [0.2, 0.25) is 5.88 Å². The van der Waals surface area contributed by atoms with Gasteiger partial charge >= 0.3 is 0 Å². The van der Waals surface area contributed by atoms with E-state index in [1.807, 2.05) is 0 Å². The van der Waals surface area contributed by atoms with Crippen LogP contribution in [0.2, 0.25) is 0 Å². The molecule has 0 atom stereocenters. The summed E-state index contributed by atoms with van der Waals surface area (Å²) >= 11 is 0. The quantitative estimate of drug-likeness (QED) is 0.623. The largest absolute Gasteiger partial charge is 0.493 e. The molecule has 1 aromatic rings. The maximum absolute atomic E-state index is 11.4. The molecular weight excluding hydrogens is 188 g/mol. The molecule has 0 bridgehead atoms. The molecule has 0 aromatic carbocycles. The molecule has 0 radical (unpaired) electrons. The van der Waals surface area contributed by atoms with Gasteiger partial charge < -0.3 is 14.9 Å². The van der Waals surface area contributed by atoms with Crippen molar-refractivity contribution in [3.8, 4) is 5.88 Å². The lowest BCUT2D eigenvalue weighted by Gasteiger charge is -2.06. The minimum atomic E-state index is -0.351. The molecule has 0 amide bonds. The van der Waals surface area contributed by atoms with E-state index in [9.17, 15) is 4.79 Å². The first-order valence-corrected chi connectivity index (χ1v) is 4.10. The summed E-state index contributed by atoms with van der Waals surface area (Å²) in [5.74, 6) is -0.270. The third kappa shape index (κ3) is 2.30. The Labute approximate surface area is 80.4 Å². The van der Waals surface area contributed by atoms with E-state index >= 15 is 0 Å². The fraction of sp³-hybridized carbons (Fsp3) is 0.500. The number of aromatic nitrogens is 2. The summed E-state index contributed by atoms with van der Waals surface area (Å²) in [4.78, 5) is 15.0. The predicted molar refractivity (Wildman–Crippen MR) is 47.9 cm³/mol. The van der Waals surface area contributed by atoms with Crippen molar-refractivity contribution in [2.75, 3.05) is 13.2 Å². The topological polar surface area (TPSA) is 84.6 Å². The first kappa shape index (κ1) is 10.7. The molecule has 78 valence electrons. The van der Waals surface area contributed by atoms with Crippen LogP contribution in [0.3, 0.4) is 0 Å². The smallest absolute Gasteiger partial charge is 0.261 e. The molecule has 1 aromatic heterocycles. The van der Waals surface area contributed by atoms with E-state index in [0.717, 1.165) is 0 Å². The minimum absolute atomic E-state index is 0.0213. The van der Waals surface area contributed by atoms with E-state index in [0.29, 0.717) is 0 Å². The monoisotopic (exact) mass is 200 g/mol. The highest BCUT2D eigenvalue weighted by Crippen LogP contribution is 2.03. The Hall–Kier alpha value is -1.40. The molecule has 0 spiro atoms. The summed E-state index contributed by atoms with van der Waals surface area (Å²) in [5, 5.41) is 17.5. The number of aromatic hydroxyl groups is 1. The van der Waals surface area contributed by atoms with Gasteiger partial charge in [0.25, 0.3) is 5.56 Å². The number of aliphatic hydroxyl groups is 1. The maximum atomic E-state index is 11.4. The lowest BCUT2D eigenvalue weighted by Crippen LogP contribution is -2.24. The van der Waals surface area contributed by atoms with Crippen molar-refractivity contribution in [3.05, 3.63) is 22.2 Å². The molecule has 6 heteroatoms. The molecule has 6 nitrogen and oxygen atoms in total. The van der Waals surface area contributed by atoms with Gasteiger partial charge in [-0.3, -0.25) is 9.36 Å². The molecule has 0 aliphatic carbocycles. The van der Waals surface area contributed by atoms with E-state index in [1.54, 1.807) is 0 Å². The molecule has 0 saturated carbocycles. The van der Waals surface area contributed by atoms with Crippen molar-refractivity contribution in [2.24, 2.45) is 0 Å². The number of hydrogen-bond acceptors (Lipinski definition) is 5. The van der Waals surface area contributed by atoms with Crippen LogP contribution in [-0.2, 0) is 11.5 Å². The highest BCUT2D eigenvalue weighted by atomic mass is 16.5. The van der Waals surface area contributed by atoms with Gasteiger partial charge in [-0.1, -0.05) is 0 Å². The van der Waals surface area contributed by atoms with E-state index in [2.05, 4.69) is 4.98 Å². The van der Waals surface area contributed by atoms with Gasteiger partial charge in [0.05, 0.1) is 18.8 Å². The molecule has 0 aliphatic heterocycles. The van der Waals surface area contributed by atoms with Crippen LogP contribution in [0.25, 0.3) is 0 Å². The molecular formula is C8H12N2O4. The standard InChI is InChI=1S/C8H12N2O4/c1-6-7(12)9-4-10(8(6)13)5-14-3-2-11/h4,11-12H,2-3,5H2,1H3. The van der Waals surface area contributed by atoms with Gasteiger partial charge in [-0.2, -0.15) is 0 Å². The normalized spacial score (nSPS) is 10.4. The Morgan fingerprint density at radius 3 is 3.00 bits per heavy atom. The number of hydrogen-bond donors (Lipinski definition) is 2. The van der Waals surface area contributed by atoms with Gasteiger partial charge in [0.1, 0.15) is 13.1 Å². The van der Waals surface area contributed by atoms with Crippen LogP contribution in [0, 0.1) is 6.92 Å². The van der Waals surface area contributed by atoms with Crippen molar-refractivity contribution < 1.29 is 14.9 Å². The van der Waals surface area contributed by atoms with Crippen molar-refractivity contribution in [2.45, 2.75) is 13.7 Å². The summed E-state index contributed by atoms with van der Waals surface area (Å²) in [6, 6.07) is 0. The zero-order valence-electron chi connectivity index (χ0n) is 7.80. The summed E-state index contributed by atoms with van der Waals surface area (Å²) in [6.45, 7) is 1.56. The van der Waals surface area contributed by atoms with E-state index in [-0.39, 0.29) is 36.9 Å². The summed E-state index contributed by atoms with van der Waals surface area (Å²) < 4.78 is 6.15. The van der Waals surface area contributed by atoms with Crippen LogP contribution in [0.1, 0.15) is 5.56 Å². The second-order valence-electron chi connectivity index (χ2n) is 2.73. The Balaban J connectivity index is 2.79. The van der Waals surface area contributed by atoms with Crippen LogP contribution in [0.4, 0.5) is 0 Å². The van der Waals surface area contributed by atoms with Crippen molar-refractivity contribution in [3.63, 3.8) is 0 Å². The Kier molecular flexibility index (Phi) is 3.61. The molecule has 0 unspecified atom stereocenters. The van der Waals surface area contributed by atoms with Gasteiger partial charge in [-0.15, -0.1) is 0 Å². The molecule has 14 heavy (non-hydrogen) atoms. The predicted octanol–water partition coefficient (Wildman–Crippen LogP) is -0.776. The van der Waals surface area contributed by atoms with Crippen LogP contribution < -0.4 is 5.56 Å². The fourth-order valence-corrected chi connectivity index (χ4v) is 0.904. The Morgan fingerprint density at radius 1 is 1.64 bits per heavy atom. The highest BCUT2D eigenvalue weighted by Gasteiger charge is 2.04. The van der Waals surface area contributed by atoms with Gasteiger partial charge in [0.15, 0.2) is 0 Å². The first-order valence-electron chi connectivity index (χ1n) is 4.10. The van der Waals surface area contributed by atoms with Gasteiger partial charge in [-0.05, 0) is 6.92 Å². The van der Waals surface area contributed by atoms with Crippen LogP contribution in [0.5, 0.6) is 5.88 Å². The minimum Gasteiger partial charge on any atom is -0.493 e. The van der Waals surface area contributed by atoms with Crippen molar-refractivity contribution in [1.29, 1.82) is 0 Å². The molecule has 0 saturated heterocycles. The molecule has 0 fully saturated rings.